The van der Waals surface area contributed by atoms with E-state index < -0.39 is 12.1 Å². The lowest BCUT2D eigenvalue weighted by molar-refractivity contribution is -0.153. The largest absolute Gasteiger partial charge is 0.480 e. The summed E-state index contributed by atoms with van der Waals surface area (Å²) in [6, 6.07) is 9.39. The number of nitrogens with zero attached hydrogens (tertiary/aromatic N) is 1. The van der Waals surface area contributed by atoms with Crippen molar-refractivity contribution in [2.75, 3.05) is 13.2 Å². The highest BCUT2D eigenvalue weighted by atomic mass is 16.5. The topological polar surface area (TPSA) is 66.8 Å². The monoisotopic (exact) mass is 277 g/mol. The Morgan fingerprint density at radius 1 is 1.25 bits per heavy atom. The van der Waals surface area contributed by atoms with Gasteiger partial charge in [0.15, 0.2) is 0 Å². The molecule has 1 unspecified atom stereocenters. The summed E-state index contributed by atoms with van der Waals surface area (Å²) in [5, 5.41) is 8.97. The molecule has 0 spiro atoms. The maximum Gasteiger partial charge on any atom is 0.323 e. The molecule has 1 aromatic rings. The van der Waals surface area contributed by atoms with E-state index in [0.29, 0.717) is 19.6 Å². The van der Waals surface area contributed by atoms with Gasteiger partial charge in [0, 0.05) is 13.2 Å². The zero-order chi connectivity index (χ0) is 14.4. The van der Waals surface area contributed by atoms with E-state index in [4.69, 9.17) is 9.84 Å². The molecule has 1 saturated heterocycles. The van der Waals surface area contributed by atoms with Gasteiger partial charge in [0.1, 0.15) is 12.6 Å². The molecule has 1 aliphatic heterocycles. The van der Waals surface area contributed by atoms with Crippen molar-refractivity contribution in [2.45, 2.75) is 31.9 Å². The molecule has 5 heteroatoms. The number of carboxylic acid groups (broad SMARTS) is 1. The second kappa shape index (κ2) is 7.05. The molecule has 108 valence electrons. The molecule has 1 heterocycles. The van der Waals surface area contributed by atoms with Gasteiger partial charge in [-0.05, 0) is 24.8 Å². The van der Waals surface area contributed by atoms with Gasteiger partial charge in [-0.15, -0.1) is 0 Å². The number of carbonyl (C=O) groups excluding carboxylic acids is 1. The number of carboxylic acids is 1. The molecule has 0 aromatic heterocycles. The van der Waals surface area contributed by atoms with Crippen LogP contribution in [0.3, 0.4) is 0 Å². The van der Waals surface area contributed by atoms with Crippen LogP contribution in [0.4, 0.5) is 0 Å². The first-order chi connectivity index (χ1) is 9.66. The van der Waals surface area contributed by atoms with E-state index in [1.807, 2.05) is 30.3 Å². The van der Waals surface area contributed by atoms with Crippen LogP contribution in [0.15, 0.2) is 30.3 Å². The van der Waals surface area contributed by atoms with Crippen LogP contribution in [0.2, 0.25) is 0 Å². The third kappa shape index (κ3) is 4.06. The van der Waals surface area contributed by atoms with E-state index in [1.54, 1.807) is 0 Å². The van der Waals surface area contributed by atoms with E-state index in [1.165, 1.54) is 4.90 Å². The Kier molecular flexibility index (Phi) is 5.12. The van der Waals surface area contributed by atoms with Crippen LogP contribution in [0, 0.1) is 0 Å². The quantitative estimate of drug-likeness (QED) is 0.889. The number of ether oxygens (including phenoxy) is 1. The molecule has 1 N–H and O–H groups in total. The minimum atomic E-state index is -1.01. The summed E-state index contributed by atoms with van der Waals surface area (Å²) in [5.74, 6) is -1.24. The number of aliphatic carboxylic acids is 1. The van der Waals surface area contributed by atoms with Crippen LogP contribution in [0.25, 0.3) is 0 Å². The molecule has 1 atom stereocenters. The third-order valence-electron chi connectivity index (χ3n) is 3.31. The Labute approximate surface area is 118 Å². The molecule has 1 aliphatic rings. The molecule has 0 aliphatic carbocycles. The molecule has 5 nitrogen and oxygen atoms in total. The predicted molar refractivity (Wildman–Crippen MR) is 73.1 cm³/mol. The summed E-state index contributed by atoms with van der Waals surface area (Å²) < 4.78 is 5.46. The highest BCUT2D eigenvalue weighted by Crippen LogP contribution is 2.16. The standard InChI is InChI=1S/C15H19NO4/c17-14(18)11-16(10-12-6-2-1-3-7-12)15(19)13-8-4-5-9-20-13/h1-3,6-7,13H,4-5,8-11H2,(H,17,18). The van der Waals surface area contributed by atoms with Gasteiger partial charge in [-0.3, -0.25) is 9.59 Å². The van der Waals surface area contributed by atoms with E-state index in [0.717, 1.165) is 18.4 Å². The van der Waals surface area contributed by atoms with Crippen molar-refractivity contribution in [3.05, 3.63) is 35.9 Å². The number of carbonyl (C=O) groups is 2. The van der Waals surface area contributed by atoms with Crippen LogP contribution < -0.4 is 0 Å². The third-order valence-corrected chi connectivity index (χ3v) is 3.31. The molecule has 0 saturated carbocycles. The Morgan fingerprint density at radius 2 is 2.00 bits per heavy atom. The first-order valence-electron chi connectivity index (χ1n) is 6.83. The molecular formula is C15H19NO4. The number of rotatable bonds is 5. The summed E-state index contributed by atoms with van der Waals surface area (Å²) >= 11 is 0. The maximum atomic E-state index is 12.4. The molecule has 0 bridgehead atoms. The van der Waals surface area contributed by atoms with Gasteiger partial charge >= 0.3 is 5.97 Å². The van der Waals surface area contributed by atoms with Crippen LogP contribution in [0.5, 0.6) is 0 Å². The summed E-state index contributed by atoms with van der Waals surface area (Å²) in [6.45, 7) is 0.572. The van der Waals surface area contributed by atoms with Crippen molar-refractivity contribution in [3.63, 3.8) is 0 Å². The van der Waals surface area contributed by atoms with Gasteiger partial charge in [0.05, 0.1) is 0 Å². The van der Waals surface area contributed by atoms with E-state index >= 15 is 0 Å². The second-order valence-electron chi connectivity index (χ2n) is 4.93. The molecular weight excluding hydrogens is 258 g/mol. The number of hydrogen-bond donors (Lipinski definition) is 1. The van der Waals surface area contributed by atoms with Crippen LogP contribution in [-0.4, -0.2) is 41.1 Å². The lowest BCUT2D eigenvalue weighted by Crippen LogP contribution is -2.43. The summed E-state index contributed by atoms with van der Waals surface area (Å²) in [6.07, 6.45) is 2.08. The van der Waals surface area contributed by atoms with Crippen LogP contribution in [0.1, 0.15) is 24.8 Å². The Balaban J connectivity index is 2.05. The fraction of sp³-hybridized carbons (Fsp3) is 0.467. The lowest BCUT2D eigenvalue weighted by atomic mass is 10.1. The number of benzene rings is 1. The van der Waals surface area contributed by atoms with E-state index in [-0.39, 0.29) is 12.5 Å². The first kappa shape index (κ1) is 14.5. The fourth-order valence-corrected chi connectivity index (χ4v) is 2.32. The minimum Gasteiger partial charge on any atom is -0.480 e. The van der Waals surface area contributed by atoms with Gasteiger partial charge in [-0.2, -0.15) is 0 Å². The van der Waals surface area contributed by atoms with Crippen molar-refractivity contribution in [1.82, 2.24) is 4.90 Å². The highest BCUT2D eigenvalue weighted by Gasteiger charge is 2.28. The Morgan fingerprint density at radius 3 is 2.60 bits per heavy atom. The lowest BCUT2D eigenvalue weighted by Gasteiger charge is -2.28. The molecule has 1 fully saturated rings. The van der Waals surface area contributed by atoms with Gasteiger partial charge in [0.2, 0.25) is 0 Å². The SMILES string of the molecule is O=C(O)CN(Cc1ccccc1)C(=O)C1CCCCO1. The van der Waals surface area contributed by atoms with Gasteiger partial charge in [-0.1, -0.05) is 30.3 Å². The van der Waals surface area contributed by atoms with E-state index in [2.05, 4.69) is 0 Å². The summed E-state index contributed by atoms with van der Waals surface area (Å²) in [4.78, 5) is 24.7. The molecule has 1 aromatic carbocycles. The summed E-state index contributed by atoms with van der Waals surface area (Å²) in [7, 11) is 0. The van der Waals surface area contributed by atoms with Crippen molar-refractivity contribution < 1.29 is 19.4 Å². The van der Waals surface area contributed by atoms with Crippen molar-refractivity contribution in [1.29, 1.82) is 0 Å². The smallest absolute Gasteiger partial charge is 0.323 e. The van der Waals surface area contributed by atoms with E-state index in [9.17, 15) is 9.59 Å². The maximum absolute atomic E-state index is 12.4. The fourth-order valence-electron chi connectivity index (χ4n) is 2.32. The van der Waals surface area contributed by atoms with Crippen LogP contribution in [-0.2, 0) is 20.9 Å². The highest BCUT2D eigenvalue weighted by molar-refractivity contribution is 5.84. The average Bonchev–Trinajstić information content (AvgIpc) is 2.47. The molecule has 2 rings (SSSR count). The molecule has 20 heavy (non-hydrogen) atoms. The van der Waals surface area contributed by atoms with Crippen molar-refractivity contribution >= 4 is 11.9 Å². The number of hydrogen-bond acceptors (Lipinski definition) is 3. The summed E-state index contributed by atoms with van der Waals surface area (Å²) in [5.41, 5.74) is 0.915. The molecule has 1 amide bonds. The second-order valence-corrected chi connectivity index (χ2v) is 4.93. The average molecular weight is 277 g/mol. The molecule has 0 radical (unpaired) electrons. The first-order valence-corrected chi connectivity index (χ1v) is 6.83. The zero-order valence-electron chi connectivity index (χ0n) is 11.3. The van der Waals surface area contributed by atoms with Crippen molar-refractivity contribution in [3.8, 4) is 0 Å². The normalized spacial score (nSPS) is 18.5. The predicted octanol–water partition coefficient (Wildman–Crippen LogP) is 1.67. The number of amides is 1. The van der Waals surface area contributed by atoms with Crippen molar-refractivity contribution in [2.24, 2.45) is 0 Å². The van der Waals surface area contributed by atoms with Gasteiger partial charge in [-0.25, -0.2) is 0 Å². The Hall–Kier alpha value is -1.88. The van der Waals surface area contributed by atoms with Gasteiger partial charge in [0.25, 0.3) is 5.91 Å². The zero-order valence-corrected chi connectivity index (χ0v) is 11.3. The van der Waals surface area contributed by atoms with Crippen LogP contribution >= 0.6 is 0 Å². The Bertz CT molecular complexity index is 454. The van der Waals surface area contributed by atoms with Gasteiger partial charge < -0.3 is 14.7 Å². The minimum absolute atomic E-state index is 0.226.